The predicted molar refractivity (Wildman–Crippen MR) is 38.0 cm³/mol. The molecule has 0 aromatic carbocycles. The van der Waals surface area contributed by atoms with E-state index in [0.717, 1.165) is 0 Å². The van der Waals surface area contributed by atoms with Crippen molar-refractivity contribution in [2.45, 2.75) is 6.54 Å². The van der Waals surface area contributed by atoms with Crippen molar-refractivity contribution in [1.29, 1.82) is 0 Å². The van der Waals surface area contributed by atoms with Gasteiger partial charge >= 0.3 is 11.8 Å². The van der Waals surface area contributed by atoms with E-state index in [-0.39, 0.29) is 30.7 Å². The van der Waals surface area contributed by atoms with E-state index in [1.165, 1.54) is 0 Å². The van der Waals surface area contributed by atoms with Crippen molar-refractivity contribution in [3.8, 4) is 0 Å². The van der Waals surface area contributed by atoms with Crippen molar-refractivity contribution in [3.63, 3.8) is 0 Å². The average Bonchev–Trinajstić information content (AvgIpc) is 2.34. The van der Waals surface area contributed by atoms with Crippen LogP contribution >= 0.6 is 12.4 Å². The number of hydrogen-bond acceptors (Lipinski definition) is 5. The van der Waals surface area contributed by atoms with Crippen LogP contribution in [0.15, 0.2) is 4.52 Å². The third-order valence-corrected chi connectivity index (χ3v) is 0.861. The zero-order valence-electron chi connectivity index (χ0n) is 5.48. The SMILES string of the molecule is Cl.NCc1noc(C(N)=O)n1. The summed E-state index contributed by atoms with van der Waals surface area (Å²) >= 11 is 0. The smallest absolute Gasteiger partial charge is 0.315 e. The van der Waals surface area contributed by atoms with E-state index in [4.69, 9.17) is 11.5 Å². The van der Waals surface area contributed by atoms with Gasteiger partial charge in [0.05, 0.1) is 6.54 Å². The van der Waals surface area contributed by atoms with Gasteiger partial charge in [-0.15, -0.1) is 12.4 Å². The molecule has 62 valence electrons. The van der Waals surface area contributed by atoms with Crippen LogP contribution < -0.4 is 11.5 Å². The number of nitrogens with two attached hydrogens (primary N) is 2. The van der Waals surface area contributed by atoms with Crippen LogP contribution in [0.25, 0.3) is 0 Å². The summed E-state index contributed by atoms with van der Waals surface area (Å²) in [4.78, 5) is 13.9. The molecule has 1 rings (SSSR count). The molecule has 0 bridgehead atoms. The predicted octanol–water partition coefficient (Wildman–Crippen LogP) is -0.951. The van der Waals surface area contributed by atoms with E-state index in [1.807, 2.05) is 0 Å². The number of primary amides is 1. The van der Waals surface area contributed by atoms with E-state index in [9.17, 15) is 4.79 Å². The molecular weight excluding hydrogens is 172 g/mol. The molecule has 0 spiro atoms. The summed E-state index contributed by atoms with van der Waals surface area (Å²) in [7, 11) is 0. The van der Waals surface area contributed by atoms with Gasteiger partial charge in [-0.05, 0) is 0 Å². The second kappa shape index (κ2) is 3.89. The molecule has 6 nitrogen and oxygen atoms in total. The molecule has 0 atom stereocenters. The molecule has 0 unspecified atom stereocenters. The van der Waals surface area contributed by atoms with Gasteiger partial charge < -0.3 is 16.0 Å². The lowest BCUT2D eigenvalue weighted by Crippen LogP contribution is -2.11. The Morgan fingerprint density at radius 1 is 1.64 bits per heavy atom. The Morgan fingerprint density at radius 3 is 2.55 bits per heavy atom. The molecule has 4 N–H and O–H groups in total. The lowest BCUT2D eigenvalue weighted by molar-refractivity contribution is 0.0958. The lowest BCUT2D eigenvalue weighted by atomic mass is 10.6. The first kappa shape index (κ1) is 9.86. The fourth-order valence-electron chi connectivity index (χ4n) is 0.437. The van der Waals surface area contributed by atoms with Crippen LogP contribution in [0.4, 0.5) is 0 Å². The molecule has 0 aliphatic rings. The number of rotatable bonds is 2. The number of nitrogens with zero attached hydrogens (tertiary/aromatic N) is 2. The molecule has 1 aromatic rings. The molecule has 1 aromatic heterocycles. The summed E-state index contributed by atoms with van der Waals surface area (Å²) in [6, 6.07) is 0. The molecule has 0 aliphatic heterocycles. The van der Waals surface area contributed by atoms with E-state index in [0.29, 0.717) is 0 Å². The second-order valence-electron chi connectivity index (χ2n) is 1.58. The number of hydrogen-bond donors (Lipinski definition) is 2. The second-order valence-corrected chi connectivity index (χ2v) is 1.58. The van der Waals surface area contributed by atoms with Crippen molar-refractivity contribution >= 4 is 18.3 Å². The molecule has 1 amide bonds. The molecule has 0 aliphatic carbocycles. The van der Waals surface area contributed by atoms with Crippen LogP contribution in [0.3, 0.4) is 0 Å². The van der Waals surface area contributed by atoms with E-state index < -0.39 is 5.91 Å². The quantitative estimate of drug-likeness (QED) is 0.607. The highest BCUT2D eigenvalue weighted by atomic mass is 35.5. The Kier molecular flexibility index (Phi) is 3.49. The maximum absolute atomic E-state index is 10.3. The standard InChI is InChI=1S/C4H6N4O2.ClH/c5-1-2-7-4(3(6)9)10-8-2;/h1,5H2,(H2,6,9);1H. The molecule has 1 heterocycles. The zero-order valence-corrected chi connectivity index (χ0v) is 6.30. The first-order valence-corrected chi connectivity index (χ1v) is 2.56. The van der Waals surface area contributed by atoms with Crippen molar-refractivity contribution < 1.29 is 9.32 Å². The Bertz CT molecular complexity index is 248. The van der Waals surface area contributed by atoms with Gasteiger partial charge in [0.1, 0.15) is 0 Å². The number of aromatic nitrogens is 2. The Labute approximate surface area is 68.3 Å². The Morgan fingerprint density at radius 2 is 2.27 bits per heavy atom. The van der Waals surface area contributed by atoms with Crippen molar-refractivity contribution in [3.05, 3.63) is 11.7 Å². The number of halogens is 1. The Hall–Kier alpha value is -1.14. The normalized spacial score (nSPS) is 8.82. The summed E-state index contributed by atoms with van der Waals surface area (Å²) in [6.07, 6.45) is 0. The van der Waals surface area contributed by atoms with Crippen LogP contribution in [0.2, 0.25) is 0 Å². The van der Waals surface area contributed by atoms with Crippen LogP contribution in [0, 0.1) is 0 Å². The van der Waals surface area contributed by atoms with Gasteiger partial charge in [-0.25, -0.2) is 0 Å². The molecule has 0 saturated heterocycles. The topological polar surface area (TPSA) is 108 Å². The molecule has 0 radical (unpaired) electrons. The molecule has 0 fully saturated rings. The zero-order chi connectivity index (χ0) is 7.56. The number of amides is 1. The maximum atomic E-state index is 10.3. The summed E-state index contributed by atoms with van der Waals surface area (Å²) < 4.78 is 4.40. The maximum Gasteiger partial charge on any atom is 0.315 e. The first-order valence-electron chi connectivity index (χ1n) is 2.56. The van der Waals surface area contributed by atoms with Gasteiger partial charge in [0.15, 0.2) is 5.82 Å². The van der Waals surface area contributed by atoms with E-state index in [2.05, 4.69) is 14.7 Å². The minimum atomic E-state index is -0.743. The van der Waals surface area contributed by atoms with Crippen molar-refractivity contribution in [2.24, 2.45) is 11.5 Å². The highest BCUT2D eigenvalue weighted by molar-refractivity contribution is 5.87. The van der Waals surface area contributed by atoms with Crippen LogP contribution in [0.1, 0.15) is 16.5 Å². The first-order chi connectivity index (χ1) is 4.74. The summed E-state index contributed by atoms with van der Waals surface area (Å²) in [5, 5.41) is 3.34. The highest BCUT2D eigenvalue weighted by Crippen LogP contribution is 1.93. The summed E-state index contributed by atoms with van der Waals surface area (Å²) in [5.41, 5.74) is 9.93. The third-order valence-electron chi connectivity index (χ3n) is 0.861. The van der Waals surface area contributed by atoms with E-state index in [1.54, 1.807) is 0 Å². The summed E-state index contributed by atoms with van der Waals surface area (Å²) in [6.45, 7) is 0.136. The van der Waals surface area contributed by atoms with Gasteiger partial charge in [0.2, 0.25) is 0 Å². The van der Waals surface area contributed by atoms with Gasteiger partial charge in [-0.1, -0.05) is 5.16 Å². The molecule has 11 heavy (non-hydrogen) atoms. The average molecular weight is 179 g/mol. The largest absolute Gasteiger partial charge is 0.361 e. The van der Waals surface area contributed by atoms with Crippen molar-refractivity contribution in [2.75, 3.05) is 0 Å². The molecule has 7 heteroatoms. The monoisotopic (exact) mass is 178 g/mol. The van der Waals surface area contributed by atoms with Gasteiger partial charge in [-0.2, -0.15) is 4.98 Å². The van der Waals surface area contributed by atoms with Gasteiger partial charge in [0.25, 0.3) is 0 Å². The van der Waals surface area contributed by atoms with Crippen LogP contribution in [-0.2, 0) is 6.54 Å². The minimum Gasteiger partial charge on any atom is -0.361 e. The molecular formula is C4H7ClN4O2. The van der Waals surface area contributed by atoms with Crippen molar-refractivity contribution in [1.82, 2.24) is 10.1 Å². The van der Waals surface area contributed by atoms with Crippen LogP contribution in [0.5, 0.6) is 0 Å². The fourth-order valence-corrected chi connectivity index (χ4v) is 0.437. The van der Waals surface area contributed by atoms with Gasteiger partial charge in [0, 0.05) is 0 Å². The highest BCUT2D eigenvalue weighted by Gasteiger charge is 2.08. The lowest BCUT2D eigenvalue weighted by Gasteiger charge is -1.78. The summed E-state index contributed by atoms with van der Waals surface area (Å²) in [5.74, 6) is -0.679. The number of carbonyl (C=O) groups is 1. The molecule has 0 saturated carbocycles. The fraction of sp³-hybridized carbons (Fsp3) is 0.250. The van der Waals surface area contributed by atoms with E-state index >= 15 is 0 Å². The minimum absolute atomic E-state index is 0. The Balaban J connectivity index is 0.000001000. The van der Waals surface area contributed by atoms with Crippen LogP contribution in [-0.4, -0.2) is 16.0 Å². The third kappa shape index (κ3) is 2.17. The number of carbonyl (C=O) groups excluding carboxylic acids is 1. The van der Waals surface area contributed by atoms with Gasteiger partial charge in [-0.3, -0.25) is 4.79 Å².